The summed E-state index contributed by atoms with van der Waals surface area (Å²) in [5.74, 6) is -5.01. The third kappa shape index (κ3) is 5.32. The molecule has 0 radical (unpaired) electrons. The molecule has 0 aromatic heterocycles. The summed E-state index contributed by atoms with van der Waals surface area (Å²) in [6, 6.07) is 0. The molecule has 0 aromatic rings. The van der Waals surface area contributed by atoms with Gasteiger partial charge in [0.1, 0.15) is 0 Å². The Morgan fingerprint density at radius 3 is 1.94 bits per heavy atom. The minimum Gasteiger partial charge on any atom is -0.481 e. The third-order valence-electron chi connectivity index (χ3n) is 1.53. The Kier molecular flexibility index (Phi) is 4.87. The highest BCUT2D eigenvalue weighted by molar-refractivity contribution is 5.88. The van der Waals surface area contributed by atoms with Gasteiger partial charge in [-0.2, -0.15) is 0 Å². The summed E-state index contributed by atoms with van der Waals surface area (Å²) in [6.45, 7) is 0. The average Bonchev–Trinajstić information content (AvgIpc) is 2.12. The third-order valence-corrected chi connectivity index (χ3v) is 1.53. The van der Waals surface area contributed by atoms with E-state index in [1.165, 1.54) is 5.48 Å². The van der Waals surface area contributed by atoms with Crippen molar-refractivity contribution in [3.05, 3.63) is 0 Å². The smallest absolute Gasteiger partial charge is 0.438 e. The number of hydrogen-bond acceptors (Lipinski definition) is 6. The first-order chi connectivity index (χ1) is 7.67. The second kappa shape index (κ2) is 5.65. The molecular formula is C7H9NO9. The molecule has 1 atom stereocenters. The second-order valence-corrected chi connectivity index (χ2v) is 2.97. The Labute approximate surface area is 93.4 Å². The zero-order chi connectivity index (χ0) is 13.6. The van der Waals surface area contributed by atoms with Gasteiger partial charge < -0.3 is 25.3 Å². The SMILES string of the molecule is O=C(O)CC(O)(CC(=O)ONC(=O)O)C(=O)O. The maximum atomic E-state index is 10.9. The van der Waals surface area contributed by atoms with Crippen LogP contribution >= 0.6 is 0 Å². The number of aliphatic hydroxyl groups is 1. The van der Waals surface area contributed by atoms with Gasteiger partial charge in [-0.05, 0) is 0 Å². The monoisotopic (exact) mass is 251 g/mol. The Balaban J connectivity index is 4.54. The number of carbonyl (C=O) groups is 4. The largest absolute Gasteiger partial charge is 0.481 e. The summed E-state index contributed by atoms with van der Waals surface area (Å²) >= 11 is 0. The topological polar surface area (TPSA) is 170 Å². The second-order valence-electron chi connectivity index (χ2n) is 2.97. The maximum Gasteiger partial charge on any atom is 0.438 e. The minimum absolute atomic E-state index is 1.18. The van der Waals surface area contributed by atoms with Crippen molar-refractivity contribution in [2.24, 2.45) is 0 Å². The van der Waals surface area contributed by atoms with E-state index < -0.39 is 42.4 Å². The van der Waals surface area contributed by atoms with Crippen LogP contribution in [0.4, 0.5) is 4.79 Å². The molecule has 17 heavy (non-hydrogen) atoms. The van der Waals surface area contributed by atoms with E-state index in [2.05, 4.69) is 4.84 Å². The molecule has 0 rings (SSSR count). The van der Waals surface area contributed by atoms with Crippen molar-refractivity contribution in [1.29, 1.82) is 0 Å². The van der Waals surface area contributed by atoms with Crippen LogP contribution in [0.25, 0.3) is 0 Å². The van der Waals surface area contributed by atoms with Gasteiger partial charge in [0.2, 0.25) is 0 Å². The average molecular weight is 251 g/mol. The van der Waals surface area contributed by atoms with E-state index in [9.17, 15) is 24.3 Å². The van der Waals surface area contributed by atoms with Crippen LogP contribution in [0.15, 0.2) is 0 Å². The van der Waals surface area contributed by atoms with Crippen LogP contribution in [0.3, 0.4) is 0 Å². The van der Waals surface area contributed by atoms with Gasteiger partial charge in [0, 0.05) is 0 Å². The summed E-state index contributed by atoms with van der Waals surface area (Å²) in [6.07, 6.45) is -4.16. The number of rotatable bonds is 5. The fourth-order valence-corrected chi connectivity index (χ4v) is 0.839. The molecule has 1 amide bonds. The quantitative estimate of drug-likeness (QED) is 0.360. The van der Waals surface area contributed by atoms with Crippen molar-refractivity contribution in [1.82, 2.24) is 5.48 Å². The van der Waals surface area contributed by atoms with Crippen LogP contribution in [0.2, 0.25) is 0 Å². The van der Waals surface area contributed by atoms with Gasteiger partial charge in [0.15, 0.2) is 5.60 Å². The van der Waals surface area contributed by atoms with Crippen molar-refractivity contribution >= 4 is 24.0 Å². The van der Waals surface area contributed by atoms with E-state index in [0.717, 1.165) is 0 Å². The van der Waals surface area contributed by atoms with Crippen LogP contribution in [0.5, 0.6) is 0 Å². The number of hydroxylamine groups is 1. The van der Waals surface area contributed by atoms with Crippen molar-refractivity contribution in [2.45, 2.75) is 18.4 Å². The van der Waals surface area contributed by atoms with Crippen molar-refractivity contribution < 1.29 is 44.4 Å². The van der Waals surface area contributed by atoms with Gasteiger partial charge >= 0.3 is 24.0 Å². The standard InChI is InChI=1S/C7H9NO9/c9-3(10)1-7(16,5(12)13)2-4(11)17-8-6(14)15/h8,16H,1-2H2,(H,9,10)(H,12,13)(H,14,15). The zero-order valence-electron chi connectivity index (χ0n) is 8.24. The molecule has 0 bridgehead atoms. The molecule has 0 saturated heterocycles. The molecule has 0 aliphatic heterocycles. The first-order valence-electron chi connectivity index (χ1n) is 4.03. The highest BCUT2D eigenvalue weighted by Gasteiger charge is 2.41. The maximum absolute atomic E-state index is 10.9. The van der Waals surface area contributed by atoms with Crippen LogP contribution < -0.4 is 5.48 Å². The van der Waals surface area contributed by atoms with E-state index in [1.807, 2.05) is 0 Å². The van der Waals surface area contributed by atoms with Gasteiger partial charge in [0.25, 0.3) is 0 Å². The summed E-state index contributed by atoms with van der Waals surface area (Å²) in [4.78, 5) is 45.5. The van der Waals surface area contributed by atoms with Gasteiger partial charge in [-0.3, -0.25) is 4.79 Å². The molecular weight excluding hydrogens is 242 g/mol. The molecule has 0 aromatic carbocycles. The summed E-state index contributed by atoms with van der Waals surface area (Å²) in [7, 11) is 0. The lowest BCUT2D eigenvalue weighted by molar-refractivity contribution is -0.173. The van der Waals surface area contributed by atoms with E-state index in [1.54, 1.807) is 0 Å². The molecule has 0 saturated carbocycles. The van der Waals surface area contributed by atoms with Crippen molar-refractivity contribution in [3.8, 4) is 0 Å². The molecule has 1 unspecified atom stereocenters. The molecule has 10 nitrogen and oxygen atoms in total. The zero-order valence-corrected chi connectivity index (χ0v) is 8.24. The first-order valence-corrected chi connectivity index (χ1v) is 4.03. The van der Waals surface area contributed by atoms with Crippen molar-refractivity contribution in [2.75, 3.05) is 0 Å². The lowest BCUT2D eigenvalue weighted by Crippen LogP contribution is -2.44. The Bertz CT molecular complexity index is 351. The Morgan fingerprint density at radius 2 is 1.59 bits per heavy atom. The number of carboxylic acid groups (broad SMARTS) is 3. The Hall–Kier alpha value is -2.36. The van der Waals surface area contributed by atoms with E-state index in [4.69, 9.17) is 15.3 Å². The van der Waals surface area contributed by atoms with E-state index >= 15 is 0 Å². The number of aliphatic carboxylic acids is 2. The van der Waals surface area contributed by atoms with Gasteiger partial charge in [-0.15, -0.1) is 5.48 Å². The van der Waals surface area contributed by atoms with Gasteiger partial charge in [-0.25, -0.2) is 14.4 Å². The van der Waals surface area contributed by atoms with Crippen LogP contribution in [0, 0.1) is 0 Å². The molecule has 5 N–H and O–H groups in total. The molecule has 0 aliphatic carbocycles. The normalized spacial score (nSPS) is 13.2. The predicted octanol–water partition coefficient (Wildman–Crippen LogP) is -1.61. The van der Waals surface area contributed by atoms with Crippen LogP contribution in [-0.2, 0) is 19.2 Å². The fraction of sp³-hybridized carbons (Fsp3) is 0.429. The number of carboxylic acids is 2. The summed E-state index contributed by atoms with van der Waals surface area (Å²) in [5.41, 5.74) is -1.68. The highest BCUT2D eigenvalue weighted by Crippen LogP contribution is 2.16. The minimum atomic E-state index is -2.86. The summed E-state index contributed by atoms with van der Waals surface area (Å²) in [5, 5.41) is 34.3. The Morgan fingerprint density at radius 1 is 1.06 bits per heavy atom. The highest BCUT2D eigenvalue weighted by atomic mass is 16.7. The predicted molar refractivity (Wildman–Crippen MR) is 46.7 cm³/mol. The van der Waals surface area contributed by atoms with Crippen molar-refractivity contribution in [3.63, 3.8) is 0 Å². The number of hydrogen-bond donors (Lipinski definition) is 5. The van der Waals surface area contributed by atoms with Crippen LogP contribution in [-0.4, -0.2) is 50.0 Å². The molecule has 0 aliphatic rings. The molecule has 0 heterocycles. The van der Waals surface area contributed by atoms with Crippen LogP contribution in [0.1, 0.15) is 12.8 Å². The molecule has 96 valence electrons. The lowest BCUT2D eigenvalue weighted by Gasteiger charge is -2.19. The first kappa shape index (κ1) is 14.6. The van der Waals surface area contributed by atoms with E-state index in [-0.39, 0.29) is 0 Å². The summed E-state index contributed by atoms with van der Waals surface area (Å²) < 4.78 is 0. The molecule has 0 spiro atoms. The molecule has 0 fully saturated rings. The number of amides is 1. The fourth-order valence-electron chi connectivity index (χ4n) is 0.839. The van der Waals surface area contributed by atoms with E-state index in [0.29, 0.717) is 0 Å². The number of nitrogens with one attached hydrogen (secondary N) is 1. The number of carbonyl (C=O) groups excluding carboxylic acids is 1. The molecule has 10 heteroatoms. The van der Waals surface area contributed by atoms with Gasteiger partial charge in [-0.1, -0.05) is 0 Å². The van der Waals surface area contributed by atoms with Gasteiger partial charge in [0.05, 0.1) is 12.8 Å². The lowest BCUT2D eigenvalue weighted by atomic mass is 9.96.